The van der Waals surface area contributed by atoms with Crippen molar-refractivity contribution < 1.29 is 9.53 Å². The van der Waals surface area contributed by atoms with Crippen LogP contribution in [0.4, 0.5) is 5.82 Å². The van der Waals surface area contributed by atoms with Gasteiger partial charge in [-0.25, -0.2) is 0 Å². The van der Waals surface area contributed by atoms with Crippen LogP contribution in [0.5, 0.6) is 0 Å². The first-order chi connectivity index (χ1) is 11.3. The van der Waals surface area contributed by atoms with Crippen molar-refractivity contribution in [1.82, 2.24) is 10.2 Å². The third kappa shape index (κ3) is 5.33. The molecule has 0 radical (unpaired) electrons. The number of nitrogens with one attached hydrogen (secondary N) is 2. The lowest BCUT2D eigenvalue weighted by molar-refractivity contribution is -0.116. The molecule has 24 heavy (non-hydrogen) atoms. The van der Waals surface area contributed by atoms with Gasteiger partial charge in [0.25, 0.3) is 0 Å². The number of alkyl halides is 1. The fraction of sp³-hybridized carbons (Fsp3) is 0.529. The van der Waals surface area contributed by atoms with E-state index in [-0.39, 0.29) is 5.91 Å². The summed E-state index contributed by atoms with van der Waals surface area (Å²) in [6.07, 6.45) is 1.29. The highest BCUT2D eigenvalue weighted by atomic mass is 35.5. The molecule has 2 rings (SSSR count). The summed E-state index contributed by atoms with van der Waals surface area (Å²) in [4.78, 5) is 11.7. The van der Waals surface area contributed by atoms with Crippen LogP contribution >= 0.6 is 11.6 Å². The molecule has 1 heterocycles. The first kappa shape index (κ1) is 19.0. The predicted molar refractivity (Wildman–Crippen MR) is 102 cm³/mol. The molecule has 7 heteroatoms. The molecule has 0 aliphatic rings. The molecule has 0 spiro atoms. The molecule has 2 N–H and O–H groups in total. The number of carbonyl (C=O) groups excluding carboxylic acids is 1. The Balaban J connectivity index is 2.05. The molecular weight excluding hydrogens is 342 g/mol. The van der Waals surface area contributed by atoms with Crippen molar-refractivity contribution in [2.75, 3.05) is 11.9 Å². The zero-order valence-electron chi connectivity index (χ0n) is 14.8. The minimum absolute atomic E-state index is 0.0279. The molecule has 1 aromatic carbocycles. The molecule has 1 atom stereocenters. The highest BCUT2D eigenvalue weighted by Crippen LogP contribution is 2.28. The minimum atomic E-state index is -1.13. The summed E-state index contributed by atoms with van der Waals surface area (Å²) in [5.41, 5.74) is 1.24. The van der Waals surface area contributed by atoms with Crippen LogP contribution in [0.2, 0.25) is 25.7 Å². The Morgan fingerprint density at radius 2 is 2.17 bits per heavy atom. The summed E-state index contributed by atoms with van der Waals surface area (Å²) in [7, 11) is -1.13. The Kier molecular flexibility index (Phi) is 6.43. The Morgan fingerprint density at radius 3 is 2.83 bits per heavy atom. The van der Waals surface area contributed by atoms with Crippen LogP contribution in [-0.2, 0) is 9.53 Å². The van der Waals surface area contributed by atoms with Gasteiger partial charge < -0.3 is 10.1 Å². The molecule has 1 amide bonds. The second-order valence-corrected chi connectivity index (χ2v) is 13.2. The van der Waals surface area contributed by atoms with Crippen LogP contribution < -0.4 is 5.32 Å². The minimum Gasteiger partial charge on any atom is -0.359 e. The fourth-order valence-electron chi connectivity index (χ4n) is 2.26. The van der Waals surface area contributed by atoms with Gasteiger partial charge in [-0.15, -0.1) is 0 Å². The number of nitrogens with zero attached hydrogens (tertiary/aromatic N) is 1. The smallest absolute Gasteiger partial charge is 0.225 e. The average molecular weight is 368 g/mol. The molecule has 0 fully saturated rings. The summed E-state index contributed by atoms with van der Waals surface area (Å²) in [6, 6.07) is 6.83. The number of benzene rings is 1. The highest BCUT2D eigenvalue weighted by molar-refractivity contribution is 6.76. The largest absolute Gasteiger partial charge is 0.359 e. The molecule has 2 aromatic rings. The fourth-order valence-corrected chi connectivity index (χ4v) is 3.22. The number of anilines is 1. The number of aromatic nitrogens is 2. The number of halogens is 1. The number of hydrogen-bond acceptors (Lipinski definition) is 3. The lowest BCUT2D eigenvalue weighted by Crippen LogP contribution is -2.21. The summed E-state index contributed by atoms with van der Waals surface area (Å²) in [5.74, 6) is 0.528. The van der Waals surface area contributed by atoms with E-state index >= 15 is 0 Å². The van der Waals surface area contributed by atoms with Gasteiger partial charge in [0.15, 0.2) is 11.4 Å². The van der Waals surface area contributed by atoms with Gasteiger partial charge in [-0.05, 0) is 30.2 Å². The van der Waals surface area contributed by atoms with Crippen LogP contribution in [0.3, 0.4) is 0 Å². The second-order valence-electron chi connectivity index (χ2n) is 7.17. The zero-order valence-corrected chi connectivity index (χ0v) is 16.5. The van der Waals surface area contributed by atoms with E-state index in [1.54, 1.807) is 0 Å². The van der Waals surface area contributed by atoms with Crippen molar-refractivity contribution >= 4 is 42.3 Å². The van der Waals surface area contributed by atoms with E-state index in [9.17, 15) is 4.79 Å². The monoisotopic (exact) mass is 367 g/mol. The normalized spacial score (nSPS) is 13.2. The standard InChI is InChI=1S/C17H26ClN3O2Si/c1-5-6-15(22)19-17-13-8-7-12(11-14(13)20-21-17)16(18)23-9-10-24(2,3)4/h7-8,11,16H,5-6,9-10H2,1-4H3,(H2,19,20,21,22). The third-order valence-corrected chi connectivity index (χ3v) is 5.78. The summed E-state index contributed by atoms with van der Waals surface area (Å²) < 4.78 is 5.75. The van der Waals surface area contributed by atoms with Crippen molar-refractivity contribution in [3.05, 3.63) is 23.8 Å². The number of aromatic amines is 1. The van der Waals surface area contributed by atoms with Crippen LogP contribution in [0.15, 0.2) is 18.2 Å². The molecule has 0 saturated heterocycles. The molecule has 0 bridgehead atoms. The maximum atomic E-state index is 11.7. The van der Waals surface area contributed by atoms with Gasteiger partial charge in [0.2, 0.25) is 5.91 Å². The van der Waals surface area contributed by atoms with Gasteiger partial charge in [0.05, 0.1) is 5.52 Å². The van der Waals surface area contributed by atoms with E-state index in [0.29, 0.717) is 18.8 Å². The maximum absolute atomic E-state index is 11.7. The van der Waals surface area contributed by atoms with Crippen LogP contribution in [0.25, 0.3) is 10.9 Å². The van der Waals surface area contributed by atoms with Crippen LogP contribution in [-0.4, -0.2) is 30.8 Å². The lowest BCUT2D eigenvalue weighted by atomic mass is 10.1. The van der Waals surface area contributed by atoms with Gasteiger partial charge in [-0.1, -0.05) is 44.2 Å². The topological polar surface area (TPSA) is 67.0 Å². The third-order valence-electron chi connectivity index (χ3n) is 3.70. The van der Waals surface area contributed by atoms with E-state index in [1.807, 2.05) is 25.1 Å². The van der Waals surface area contributed by atoms with Gasteiger partial charge in [-0.3, -0.25) is 9.89 Å². The molecular formula is C17H26ClN3O2Si. The maximum Gasteiger partial charge on any atom is 0.225 e. The number of fused-ring (bicyclic) bond motifs is 1. The van der Waals surface area contributed by atoms with E-state index < -0.39 is 13.6 Å². The lowest BCUT2D eigenvalue weighted by Gasteiger charge is -2.17. The summed E-state index contributed by atoms with van der Waals surface area (Å²) in [6.45, 7) is 9.57. The molecule has 0 saturated carbocycles. The second kappa shape index (κ2) is 8.14. The molecule has 5 nitrogen and oxygen atoms in total. The van der Waals surface area contributed by atoms with Gasteiger partial charge in [-0.2, -0.15) is 5.10 Å². The van der Waals surface area contributed by atoms with Crippen molar-refractivity contribution in [2.24, 2.45) is 0 Å². The molecule has 0 aliphatic heterocycles. The van der Waals surface area contributed by atoms with E-state index in [0.717, 1.165) is 28.9 Å². The van der Waals surface area contributed by atoms with E-state index in [2.05, 4.69) is 35.2 Å². The number of hydrogen-bond donors (Lipinski definition) is 2. The molecule has 1 aromatic heterocycles. The Morgan fingerprint density at radius 1 is 1.42 bits per heavy atom. The van der Waals surface area contributed by atoms with E-state index in [4.69, 9.17) is 16.3 Å². The van der Waals surface area contributed by atoms with Crippen molar-refractivity contribution in [3.63, 3.8) is 0 Å². The van der Waals surface area contributed by atoms with Gasteiger partial charge >= 0.3 is 0 Å². The first-order valence-corrected chi connectivity index (χ1v) is 12.5. The van der Waals surface area contributed by atoms with Crippen LogP contribution in [0.1, 0.15) is 30.9 Å². The Bertz CT molecular complexity index is 697. The van der Waals surface area contributed by atoms with Crippen molar-refractivity contribution in [3.8, 4) is 0 Å². The number of carbonyl (C=O) groups is 1. The first-order valence-electron chi connectivity index (χ1n) is 8.33. The molecule has 0 aliphatic carbocycles. The Hall–Kier alpha value is -1.37. The van der Waals surface area contributed by atoms with Gasteiger partial charge in [0, 0.05) is 26.5 Å². The highest BCUT2D eigenvalue weighted by Gasteiger charge is 2.16. The van der Waals surface area contributed by atoms with Crippen molar-refractivity contribution in [1.29, 1.82) is 0 Å². The zero-order chi connectivity index (χ0) is 17.7. The van der Waals surface area contributed by atoms with Crippen LogP contribution in [0, 0.1) is 0 Å². The SMILES string of the molecule is CCCC(=O)Nc1n[nH]c2cc(C(Cl)OCC[Si](C)(C)C)ccc12. The number of H-pyrrole nitrogens is 1. The number of ether oxygens (including phenoxy) is 1. The predicted octanol–water partition coefficient (Wildman–Crippen LogP) is 4.89. The summed E-state index contributed by atoms with van der Waals surface area (Å²) >= 11 is 6.36. The number of rotatable bonds is 8. The van der Waals surface area contributed by atoms with E-state index in [1.165, 1.54) is 0 Å². The quantitative estimate of drug-likeness (QED) is 0.515. The van der Waals surface area contributed by atoms with Crippen molar-refractivity contribution in [2.45, 2.75) is 51.0 Å². The molecule has 132 valence electrons. The summed E-state index contributed by atoms with van der Waals surface area (Å²) in [5, 5.41) is 10.8. The Labute approximate surface area is 149 Å². The molecule has 1 unspecified atom stereocenters. The average Bonchev–Trinajstić information content (AvgIpc) is 2.88. The van der Waals surface area contributed by atoms with Gasteiger partial charge in [0.1, 0.15) is 0 Å². The number of amides is 1.